The van der Waals surface area contributed by atoms with Gasteiger partial charge in [0, 0.05) is 10.8 Å². The number of carbonyl (C=O) groups is 2. The summed E-state index contributed by atoms with van der Waals surface area (Å²) < 4.78 is 5.42. The monoisotopic (exact) mass is 380 g/mol. The van der Waals surface area contributed by atoms with Gasteiger partial charge < -0.3 is 9.84 Å². The minimum Gasteiger partial charge on any atom is -0.476 e. The lowest BCUT2D eigenvalue weighted by molar-refractivity contribution is 0.0690. The molecule has 136 valence electrons. The van der Waals surface area contributed by atoms with Crippen molar-refractivity contribution in [3.8, 4) is 11.1 Å². The van der Waals surface area contributed by atoms with Gasteiger partial charge in [0.2, 0.25) is 0 Å². The third-order valence-electron chi connectivity index (χ3n) is 4.55. The largest absolute Gasteiger partial charge is 0.476 e. The molecule has 1 amide bonds. The van der Waals surface area contributed by atoms with Crippen LogP contribution in [0.4, 0.5) is 9.93 Å². The molecule has 0 unspecified atom stereocenters. The first-order valence-corrected chi connectivity index (χ1v) is 9.19. The lowest BCUT2D eigenvalue weighted by Crippen LogP contribution is -2.18. The van der Waals surface area contributed by atoms with Gasteiger partial charge in [-0.2, -0.15) is 0 Å². The van der Waals surface area contributed by atoms with Crippen LogP contribution in [0.1, 0.15) is 32.4 Å². The van der Waals surface area contributed by atoms with Crippen LogP contribution < -0.4 is 5.32 Å². The summed E-state index contributed by atoms with van der Waals surface area (Å²) in [5, 5.41) is 11.8. The fourth-order valence-corrected chi connectivity index (χ4v) is 4.16. The van der Waals surface area contributed by atoms with E-state index in [1.165, 1.54) is 0 Å². The van der Waals surface area contributed by atoms with Crippen LogP contribution in [0.5, 0.6) is 0 Å². The van der Waals surface area contributed by atoms with Gasteiger partial charge in [0.05, 0.1) is 0 Å². The first-order valence-electron chi connectivity index (χ1n) is 8.37. The maximum absolute atomic E-state index is 12.2. The molecule has 3 aromatic rings. The predicted octanol–water partition coefficient (Wildman–Crippen LogP) is 4.51. The predicted molar refractivity (Wildman–Crippen MR) is 103 cm³/mol. The van der Waals surface area contributed by atoms with E-state index in [-0.39, 0.29) is 23.4 Å². The molecule has 1 aliphatic carbocycles. The van der Waals surface area contributed by atoms with Crippen LogP contribution in [0.2, 0.25) is 0 Å². The van der Waals surface area contributed by atoms with Gasteiger partial charge in [0.25, 0.3) is 0 Å². The number of carboxylic acid groups (broad SMARTS) is 1. The number of aryl methyl sites for hydroxylation is 1. The second-order valence-electron chi connectivity index (χ2n) is 6.18. The molecule has 1 aromatic heterocycles. The Hall–Kier alpha value is -3.19. The van der Waals surface area contributed by atoms with Gasteiger partial charge in [-0.1, -0.05) is 48.5 Å². The van der Waals surface area contributed by atoms with E-state index in [0.717, 1.165) is 33.6 Å². The quantitative estimate of drug-likeness (QED) is 0.695. The summed E-state index contributed by atoms with van der Waals surface area (Å²) in [6.45, 7) is 1.83. The normalized spacial score (nSPS) is 12.3. The van der Waals surface area contributed by atoms with Gasteiger partial charge in [-0.15, -0.1) is 11.3 Å². The van der Waals surface area contributed by atoms with E-state index < -0.39 is 12.1 Å². The summed E-state index contributed by atoms with van der Waals surface area (Å²) in [7, 11) is 0. The van der Waals surface area contributed by atoms with Crippen LogP contribution in [0.25, 0.3) is 11.1 Å². The number of nitrogens with one attached hydrogen (secondary N) is 1. The number of nitrogens with zero attached hydrogens (tertiary/aromatic N) is 1. The van der Waals surface area contributed by atoms with E-state index in [4.69, 9.17) is 9.84 Å². The number of thiazole rings is 1. The summed E-state index contributed by atoms with van der Waals surface area (Å²) in [6, 6.07) is 16.2. The maximum Gasteiger partial charge on any atom is 0.413 e. The number of anilines is 1. The van der Waals surface area contributed by atoms with E-state index in [2.05, 4.69) is 22.4 Å². The van der Waals surface area contributed by atoms with Crippen molar-refractivity contribution in [2.75, 3.05) is 11.9 Å². The summed E-state index contributed by atoms with van der Waals surface area (Å²) in [4.78, 5) is 27.7. The Bertz CT molecular complexity index is 998. The van der Waals surface area contributed by atoms with Gasteiger partial charge >= 0.3 is 12.1 Å². The number of aromatic carboxylic acids is 1. The molecule has 2 aromatic carbocycles. The van der Waals surface area contributed by atoms with Crippen molar-refractivity contribution in [3.05, 3.63) is 70.2 Å². The van der Waals surface area contributed by atoms with Gasteiger partial charge in [0.15, 0.2) is 10.8 Å². The zero-order valence-electron chi connectivity index (χ0n) is 14.4. The molecule has 1 heterocycles. The number of hydrogen-bond donors (Lipinski definition) is 2. The lowest BCUT2D eigenvalue weighted by Gasteiger charge is -2.14. The smallest absolute Gasteiger partial charge is 0.413 e. The standard InChI is InChI=1S/C20H16N2O4S/c1-11-17(18(23)24)21-19(27-11)22-20(25)26-10-16-14-8-4-2-6-12(14)13-7-3-5-9-15(13)16/h2-9,16H,10H2,1H3,(H,23,24)(H,21,22,25). The van der Waals surface area contributed by atoms with E-state index >= 15 is 0 Å². The summed E-state index contributed by atoms with van der Waals surface area (Å²) in [5.74, 6) is -1.15. The molecular weight excluding hydrogens is 364 g/mol. The Morgan fingerprint density at radius 3 is 2.26 bits per heavy atom. The van der Waals surface area contributed by atoms with Gasteiger partial charge in [0.1, 0.15) is 6.61 Å². The van der Waals surface area contributed by atoms with Crippen molar-refractivity contribution >= 4 is 28.5 Å². The van der Waals surface area contributed by atoms with Gasteiger partial charge in [-0.05, 0) is 29.2 Å². The van der Waals surface area contributed by atoms with Gasteiger partial charge in [-0.3, -0.25) is 5.32 Å². The number of aromatic nitrogens is 1. The average Bonchev–Trinajstić information content (AvgIpc) is 3.18. The van der Waals surface area contributed by atoms with Crippen molar-refractivity contribution in [3.63, 3.8) is 0 Å². The molecule has 1 aliphatic rings. The van der Waals surface area contributed by atoms with Crippen LogP contribution in [0.15, 0.2) is 48.5 Å². The number of amides is 1. The molecule has 7 heteroatoms. The third kappa shape index (κ3) is 3.17. The summed E-state index contributed by atoms with van der Waals surface area (Å²) in [5.41, 5.74) is 4.51. The number of rotatable bonds is 4. The SMILES string of the molecule is Cc1sc(NC(=O)OCC2c3ccccc3-c3ccccc32)nc1C(=O)O. The molecular formula is C20H16N2O4S. The second kappa shape index (κ2) is 6.85. The highest BCUT2D eigenvalue weighted by molar-refractivity contribution is 7.16. The Morgan fingerprint density at radius 1 is 1.11 bits per heavy atom. The molecule has 0 saturated heterocycles. The number of fused-ring (bicyclic) bond motifs is 3. The van der Waals surface area contributed by atoms with Crippen LogP contribution in [0, 0.1) is 6.92 Å². The molecule has 4 rings (SSSR count). The molecule has 0 atom stereocenters. The minimum atomic E-state index is -1.12. The molecule has 6 nitrogen and oxygen atoms in total. The molecule has 0 spiro atoms. The topological polar surface area (TPSA) is 88.5 Å². The Balaban J connectivity index is 1.48. The maximum atomic E-state index is 12.2. The average molecular weight is 380 g/mol. The Kier molecular flexibility index (Phi) is 4.37. The van der Waals surface area contributed by atoms with Crippen molar-refractivity contribution in [2.24, 2.45) is 0 Å². The van der Waals surface area contributed by atoms with Crippen LogP contribution in [-0.4, -0.2) is 28.8 Å². The van der Waals surface area contributed by atoms with Crippen molar-refractivity contribution < 1.29 is 19.4 Å². The molecule has 2 N–H and O–H groups in total. The first kappa shape index (κ1) is 17.2. The van der Waals surface area contributed by atoms with Crippen LogP contribution >= 0.6 is 11.3 Å². The van der Waals surface area contributed by atoms with Crippen molar-refractivity contribution in [2.45, 2.75) is 12.8 Å². The van der Waals surface area contributed by atoms with Crippen LogP contribution in [-0.2, 0) is 4.74 Å². The van der Waals surface area contributed by atoms with Gasteiger partial charge in [-0.25, -0.2) is 14.6 Å². The third-order valence-corrected chi connectivity index (χ3v) is 5.44. The molecule has 0 aliphatic heterocycles. The second-order valence-corrected chi connectivity index (χ2v) is 7.38. The van der Waals surface area contributed by atoms with E-state index in [1.807, 2.05) is 36.4 Å². The molecule has 0 radical (unpaired) electrons. The molecule has 0 saturated carbocycles. The highest BCUT2D eigenvalue weighted by Crippen LogP contribution is 2.44. The molecule has 27 heavy (non-hydrogen) atoms. The fourth-order valence-electron chi connectivity index (χ4n) is 3.37. The van der Waals surface area contributed by atoms with E-state index in [1.54, 1.807) is 6.92 Å². The lowest BCUT2D eigenvalue weighted by atomic mass is 9.98. The summed E-state index contributed by atoms with van der Waals surface area (Å²) in [6.07, 6.45) is -0.650. The fraction of sp³-hybridized carbons (Fsp3) is 0.150. The van der Waals surface area contributed by atoms with E-state index in [0.29, 0.717) is 4.88 Å². The van der Waals surface area contributed by atoms with E-state index in [9.17, 15) is 9.59 Å². The number of carboxylic acids is 1. The van der Waals surface area contributed by atoms with Crippen LogP contribution in [0.3, 0.4) is 0 Å². The Labute approximate surface area is 159 Å². The zero-order chi connectivity index (χ0) is 19.0. The molecule has 0 bridgehead atoms. The first-order chi connectivity index (χ1) is 13.0. The number of ether oxygens (including phenoxy) is 1. The summed E-state index contributed by atoms with van der Waals surface area (Å²) >= 11 is 1.10. The number of hydrogen-bond acceptors (Lipinski definition) is 5. The highest BCUT2D eigenvalue weighted by Gasteiger charge is 2.29. The zero-order valence-corrected chi connectivity index (χ0v) is 15.2. The number of benzene rings is 2. The van der Waals surface area contributed by atoms with Crippen molar-refractivity contribution in [1.82, 2.24) is 4.98 Å². The molecule has 0 fully saturated rings. The highest BCUT2D eigenvalue weighted by atomic mass is 32.1. The number of carbonyl (C=O) groups excluding carboxylic acids is 1. The Morgan fingerprint density at radius 2 is 1.70 bits per heavy atom. The van der Waals surface area contributed by atoms with Crippen molar-refractivity contribution in [1.29, 1.82) is 0 Å². The minimum absolute atomic E-state index is 0.0317.